The first-order valence-electron chi connectivity index (χ1n) is 5.42. The van der Waals surface area contributed by atoms with Gasteiger partial charge < -0.3 is 9.66 Å². The third-order valence-corrected chi connectivity index (χ3v) is 3.12. The summed E-state index contributed by atoms with van der Waals surface area (Å²) < 4.78 is 32.2. The molecule has 0 fully saturated rings. The van der Waals surface area contributed by atoms with Crippen LogP contribution in [0.25, 0.3) is 11.4 Å². The summed E-state index contributed by atoms with van der Waals surface area (Å²) in [6.45, 7) is -0.121. The van der Waals surface area contributed by atoms with Crippen molar-refractivity contribution in [1.82, 2.24) is 9.97 Å². The number of nitrogens with zero attached hydrogens (tertiary/aromatic N) is 2. The number of rotatable bonds is 4. The van der Waals surface area contributed by atoms with Crippen molar-refractivity contribution >= 4 is 10.1 Å². The zero-order valence-electron chi connectivity index (χ0n) is 10.9. The van der Waals surface area contributed by atoms with E-state index in [1.165, 1.54) is 24.5 Å². The first-order valence-corrected chi connectivity index (χ1v) is 7.00. The number of hydrogen-bond acceptors (Lipinski definition) is 6. The smallest absolute Gasteiger partial charge is 0.748 e. The van der Waals surface area contributed by atoms with Gasteiger partial charge in [0.05, 0.1) is 33.9 Å². The van der Waals surface area contributed by atoms with Crippen molar-refractivity contribution in [2.75, 3.05) is 0 Å². The van der Waals surface area contributed by atoms with E-state index in [2.05, 4.69) is 9.97 Å². The molecule has 100 valence electrons. The third kappa shape index (κ3) is 4.93. The predicted molar refractivity (Wildman–Crippen MR) is 66.8 cm³/mol. The van der Waals surface area contributed by atoms with E-state index in [1.54, 1.807) is 12.1 Å². The molecule has 20 heavy (non-hydrogen) atoms. The summed E-state index contributed by atoms with van der Waals surface area (Å²) in [4.78, 5) is 8.17. The molecule has 0 radical (unpaired) electrons. The molecule has 6 nitrogen and oxygen atoms in total. The fourth-order valence-electron chi connectivity index (χ4n) is 1.62. The van der Waals surface area contributed by atoms with Crippen LogP contribution in [0.3, 0.4) is 0 Å². The summed E-state index contributed by atoms with van der Waals surface area (Å²) >= 11 is 0. The summed E-state index contributed by atoms with van der Waals surface area (Å²) in [6, 6.07) is 6.28. The molecule has 2 heterocycles. The maximum Gasteiger partial charge on any atom is 1.00 e. The van der Waals surface area contributed by atoms with Gasteiger partial charge in [0.25, 0.3) is 0 Å². The summed E-state index contributed by atoms with van der Waals surface area (Å²) in [7, 11) is -4.33. The number of aliphatic hydroxyl groups is 1. The number of aromatic nitrogens is 2. The van der Waals surface area contributed by atoms with E-state index in [-0.39, 0.29) is 36.2 Å². The molecular weight excluding hydrogens is 291 g/mol. The summed E-state index contributed by atoms with van der Waals surface area (Å²) in [6.07, 6.45) is 2.95. The van der Waals surface area contributed by atoms with Crippen LogP contribution in [0, 0.1) is 0 Å². The minimum Gasteiger partial charge on any atom is -0.748 e. The second kappa shape index (κ2) is 7.26. The van der Waals surface area contributed by atoms with Crippen LogP contribution in [0.2, 0.25) is 0 Å². The van der Waals surface area contributed by atoms with E-state index < -0.39 is 15.9 Å². The molecule has 2 aromatic rings. The van der Waals surface area contributed by atoms with E-state index in [4.69, 9.17) is 5.11 Å². The van der Waals surface area contributed by atoms with Crippen molar-refractivity contribution in [3.8, 4) is 11.4 Å². The Hall–Kier alpha value is -0.830. The minimum absolute atomic E-state index is 0. The topological polar surface area (TPSA) is 103 Å². The Morgan fingerprint density at radius 2 is 1.55 bits per heavy atom. The van der Waals surface area contributed by atoms with Gasteiger partial charge in [0.15, 0.2) is 0 Å². The van der Waals surface area contributed by atoms with Crippen molar-refractivity contribution in [2.24, 2.45) is 0 Å². The molecule has 0 spiro atoms. The molecule has 0 aromatic carbocycles. The van der Waals surface area contributed by atoms with Gasteiger partial charge in [0.1, 0.15) is 0 Å². The average molecular weight is 302 g/mol. The Bertz CT molecular complexity index is 691. The van der Waals surface area contributed by atoms with Crippen molar-refractivity contribution in [3.05, 3.63) is 47.8 Å². The van der Waals surface area contributed by atoms with E-state index in [0.29, 0.717) is 22.5 Å². The molecule has 0 aliphatic heterocycles. The predicted octanol–water partition coefficient (Wildman–Crippen LogP) is -2.31. The molecule has 0 saturated heterocycles. The Morgan fingerprint density at radius 1 is 1.05 bits per heavy atom. The Morgan fingerprint density at radius 3 is 2.05 bits per heavy atom. The Labute approximate surface area is 138 Å². The largest absolute Gasteiger partial charge is 1.00 e. The van der Waals surface area contributed by atoms with Crippen molar-refractivity contribution in [3.63, 3.8) is 0 Å². The van der Waals surface area contributed by atoms with E-state index in [9.17, 15) is 13.0 Å². The SMILES string of the molecule is O=S(=O)([O-])Cc1ccnc(-c2cc(CO)ccn2)c1.[Na+]. The zero-order valence-corrected chi connectivity index (χ0v) is 13.7. The van der Waals surface area contributed by atoms with Crippen LogP contribution in [-0.4, -0.2) is 28.0 Å². The summed E-state index contributed by atoms with van der Waals surface area (Å²) in [5, 5.41) is 9.05. The summed E-state index contributed by atoms with van der Waals surface area (Å²) in [5.74, 6) is -0.581. The zero-order chi connectivity index (χ0) is 13.9. The number of aliphatic hydroxyl groups excluding tert-OH is 1. The van der Waals surface area contributed by atoms with Crippen molar-refractivity contribution < 1.29 is 47.6 Å². The van der Waals surface area contributed by atoms with Gasteiger partial charge in [-0.15, -0.1) is 0 Å². The number of pyridine rings is 2. The monoisotopic (exact) mass is 302 g/mol. The first kappa shape index (κ1) is 17.2. The minimum atomic E-state index is -4.33. The van der Waals surface area contributed by atoms with Crippen LogP contribution in [0.1, 0.15) is 11.1 Å². The van der Waals surface area contributed by atoms with Crippen LogP contribution < -0.4 is 29.6 Å². The molecule has 0 saturated carbocycles. The first-order chi connectivity index (χ1) is 8.98. The third-order valence-electron chi connectivity index (χ3n) is 2.44. The van der Waals surface area contributed by atoms with Crippen LogP contribution >= 0.6 is 0 Å². The molecule has 0 bridgehead atoms. The van der Waals surface area contributed by atoms with Gasteiger partial charge in [-0.2, -0.15) is 0 Å². The second-order valence-electron chi connectivity index (χ2n) is 3.96. The molecule has 2 rings (SSSR count). The standard InChI is InChI=1S/C12H12N2O4S.Na/c15-7-9-1-3-13-11(5-9)12-6-10(2-4-14-12)8-19(16,17)18;/h1-6,15H,7-8H2,(H,16,17,18);/q;+1/p-1. The molecule has 1 N–H and O–H groups in total. The fourth-order valence-corrected chi connectivity index (χ4v) is 2.21. The van der Waals surface area contributed by atoms with Crippen LogP contribution in [0.5, 0.6) is 0 Å². The van der Waals surface area contributed by atoms with Gasteiger partial charge in [-0.3, -0.25) is 9.97 Å². The van der Waals surface area contributed by atoms with Crippen LogP contribution in [0.15, 0.2) is 36.7 Å². The quantitative estimate of drug-likeness (QED) is 0.502. The molecule has 0 amide bonds. The van der Waals surface area contributed by atoms with Crippen LogP contribution in [0.4, 0.5) is 0 Å². The van der Waals surface area contributed by atoms with Gasteiger partial charge in [-0.1, -0.05) is 0 Å². The van der Waals surface area contributed by atoms with Gasteiger partial charge >= 0.3 is 29.6 Å². The number of hydrogen-bond donors (Lipinski definition) is 1. The Balaban J connectivity index is 0.00000200. The average Bonchev–Trinajstić information content (AvgIpc) is 2.37. The van der Waals surface area contributed by atoms with Gasteiger partial charge in [-0.25, -0.2) is 8.42 Å². The molecule has 2 aromatic heterocycles. The van der Waals surface area contributed by atoms with Gasteiger partial charge in [-0.05, 0) is 35.4 Å². The van der Waals surface area contributed by atoms with Crippen LogP contribution in [-0.2, 0) is 22.5 Å². The maximum absolute atomic E-state index is 10.7. The normalized spacial score (nSPS) is 10.9. The van der Waals surface area contributed by atoms with Crippen molar-refractivity contribution in [2.45, 2.75) is 12.4 Å². The van der Waals surface area contributed by atoms with E-state index >= 15 is 0 Å². The molecule has 0 aliphatic rings. The summed E-state index contributed by atoms with van der Waals surface area (Å²) in [5.41, 5.74) is 2.00. The maximum atomic E-state index is 10.7. The molecule has 8 heteroatoms. The van der Waals surface area contributed by atoms with Crippen molar-refractivity contribution in [1.29, 1.82) is 0 Å². The second-order valence-corrected chi connectivity index (χ2v) is 5.36. The molecular formula is C12H11N2NaO4S. The molecule has 0 unspecified atom stereocenters. The van der Waals surface area contributed by atoms with E-state index in [0.717, 1.165) is 0 Å². The molecule has 0 aliphatic carbocycles. The van der Waals surface area contributed by atoms with Gasteiger partial charge in [0, 0.05) is 12.4 Å². The van der Waals surface area contributed by atoms with Gasteiger partial charge in [0.2, 0.25) is 0 Å². The molecule has 0 atom stereocenters. The fraction of sp³-hybridized carbons (Fsp3) is 0.167. The Kier molecular flexibility index (Phi) is 6.25. The van der Waals surface area contributed by atoms with E-state index in [1.807, 2.05) is 0 Å².